The first-order valence-corrected chi connectivity index (χ1v) is 6.07. The number of aromatic nitrogens is 1. The number of rotatable bonds is 5. The topological polar surface area (TPSA) is 45.2 Å². The lowest BCUT2D eigenvalue weighted by molar-refractivity contribution is 0.0734. The molecule has 1 aromatic rings. The molecule has 1 atom stereocenters. The Morgan fingerprint density at radius 3 is 2.65 bits per heavy atom. The Labute approximate surface area is 103 Å². The predicted molar refractivity (Wildman–Crippen MR) is 70.2 cm³/mol. The monoisotopic (exact) mass is 235 g/mol. The van der Waals surface area contributed by atoms with Gasteiger partial charge in [-0.25, -0.2) is 4.98 Å². The molecule has 1 aromatic heterocycles. The fraction of sp³-hybridized carbons (Fsp3) is 0.538. The first kappa shape index (κ1) is 13.5. The van der Waals surface area contributed by atoms with Crippen LogP contribution >= 0.6 is 0 Å². The molecule has 1 N–H and O–H groups in total. The number of carbonyl (C=O) groups excluding carboxylic acids is 1. The van der Waals surface area contributed by atoms with Crippen LogP contribution in [0.4, 0.5) is 5.69 Å². The van der Waals surface area contributed by atoms with Crippen LogP contribution in [-0.2, 0) is 0 Å². The molecular formula is C13H21N3O. The molecule has 0 saturated heterocycles. The van der Waals surface area contributed by atoms with E-state index >= 15 is 0 Å². The molecule has 0 radical (unpaired) electrons. The van der Waals surface area contributed by atoms with Crippen molar-refractivity contribution < 1.29 is 4.79 Å². The zero-order valence-electron chi connectivity index (χ0n) is 11.0. The van der Waals surface area contributed by atoms with Gasteiger partial charge in [0.1, 0.15) is 5.69 Å². The van der Waals surface area contributed by atoms with E-state index in [0.717, 1.165) is 18.7 Å². The molecule has 1 heterocycles. The van der Waals surface area contributed by atoms with Crippen molar-refractivity contribution in [3.05, 3.63) is 24.0 Å². The molecule has 94 valence electrons. The van der Waals surface area contributed by atoms with E-state index in [4.69, 9.17) is 0 Å². The van der Waals surface area contributed by atoms with Gasteiger partial charge in [0.05, 0.1) is 11.9 Å². The van der Waals surface area contributed by atoms with Crippen molar-refractivity contribution in [3.63, 3.8) is 0 Å². The zero-order valence-corrected chi connectivity index (χ0v) is 11.0. The summed E-state index contributed by atoms with van der Waals surface area (Å²) < 4.78 is 0. The van der Waals surface area contributed by atoms with Gasteiger partial charge in [0.25, 0.3) is 5.91 Å². The zero-order chi connectivity index (χ0) is 12.8. The summed E-state index contributed by atoms with van der Waals surface area (Å²) in [7, 11) is 1.82. The molecule has 4 heteroatoms. The van der Waals surface area contributed by atoms with E-state index in [-0.39, 0.29) is 11.9 Å². The molecule has 0 bridgehead atoms. The second-order valence-electron chi connectivity index (χ2n) is 4.14. The lowest BCUT2D eigenvalue weighted by Gasteiger charge is -2.23. The SMILES string of the molecule is CCNc1ccc(C(=O)N(C)C(C)CC)nc1. The van der Waals surface area contributed by atoms with Gasteiger partial charge in [0, 0.05) is 19.6 Å². The smallest absolute Gasteiger partial charge is 0.272 e. The summed E-state index contributed by atoms with van der Waals surface area (Å²) in [5.74, 6) is -0.0256. The van der Waals surface area contributed by atoms with Crippen molar-refractivity contribution in [2.45, 2.75) is 33.2 Å². The summed E-state index contributed by atoms with van der Waals surface area (Å²) in [5, 5.41) is 3.15. The number of anilines is 1. The van der Waals surface area contributed by atoms with Gasteiger partial charge in [0.15, 0.2) is 0 Å². The van der Waals surface area contributed by atoms with E-state index in [0.29, 0.717) is 5.69 Å². The molecular weight excluding hydrogens is 214 g/mol. The van der Waals surface area contributed by atoms with Gasteiger partial charge in [-0.1, -0.05) is 6.92 Å². The van der Waals surface area contributed by atoms with E-state index in [9.17, 15) is 4.79 Å². The number of hydrogen-bond donors (Lipinski definition) is 1. The number of pyridine rings is 1. The van der Waals surface area contributed by atoms with Crippen LogP contribution in [0.25, 0.3) is 0 Å². The van der Waals surface area contributed by atoms with Crippen LogP contribution in [0.2, 0.25) is 0 Å². The molecule has 0 saturated carbocycles. The summed E-state index contributed by atoms with van der Waals surface area (Å²) in [6.45, 7) is 6.97. The fourth-order valence-corrected chi connectivity index (χ4v) is 1.48. The van der Waals surface area contributed by atoms with Gasteiger partial charge < -0.3 is 10.2 Å². The molecule has 1 unspecified atom stereocenters. The lowest BCUT2D eigenvalue weighted by atomic mass is 10.2. The highest BCUT2D eigenvalue weighted by Gasteiger charge is 2.16. The minimum Gasteiger partial charge on any atom is -0.384 e. The lowest BCUT2D eigenvalue weighted by Crippen LogP contribution is -2.35. The van der Waals surface area contributed by atoms with Crippen molar-refractivity contribution in [2.75, 3.05) is 18.9 Å². The Balaban J connectivity index is 2.75. The summed E-state index contributed by atoms with van der Waals surface area (Å²) in [4.78, 5) is 18.0. The van der Waals surface area contributed by atoms with E-state index < -0.39 is 0 Å². The molecule has 0 aliphatic carbocycles. The minimum absolute atomic E-state index is 0.0256. The van der Waals surface area contributed by atoms with Crippen molar-refractivity contribution in [1.82, 2.24) is 9.88 Å². The third-order valence-corrected chi connectivity index (χ3v) is 2.94. The molecule has 4 nitrogen and oxygen atoms in total. The van der Waals surface area contributed by atoms with Crippen molar-refractivity contribution in [2.24, 2.45) is 0 Å². The molecule has 0 aliphatic rings. The number of nitrogens with one attached hydrogen (secondary N) is 1. The maximum Gasteiger partial charge on any atom is 0.272 e. The summed E-state index contributed by atoms with van der Waals surface area (Å²) in [6.07, 6.45) is 2.64. The van der Waals surface area contributed by atoms with Gasteiger partial charge in [-0.15, -0.1) is 0 Å². The number of carbonyl (C=O) groups is 1. The van der Waals surface area contributed by atoms with Crippen LogP contribution in [-0.4, -0.2) is 35.4 Å². The predicted octanol–water partition coefficient (Wildman–Crippen LogP) is 2.38. The van der Waals surface area contributed by atoms with Crippen molar-refractivity contribution in [1.29, 1.82) is 0 Å². The molecule has 1 amide bonds. The van der Waals surface area contributed by atoms with Crippen LogP contribution in [0, 0.1) is 0 Å². The first-order valence-electron chi connectivity index (χ1n) is 6.07. The summed E-state index contributed by atoms with van der Waals surface area (Å²) >= 11 is 0. The third-order valence-electron chi connectivity index (χ3n) is 2.94. The van der Waals surface area contributed by atoms with Crippen LogP contribution in [0.1, 0.15) is 37.7 Å². The second kappa shape index (κ2) is 6.23. The average molecular weight is 235 g/mol. The molecule has 0 spiro atoms. The van der Waals surface area contributed by atoms with Crippen LogP contribution in [0.15, 0.2) is 18.3 Å². The van der Waals surface area contributed by atoms with E-state index in [2.05, 4.69) is 17.2 Å². The van der Waals surface area contributed by atoms with Gasteiger partial charge in [0.2, 0.25) is 0 Å². The van der Waals surface area contributed by atoms with Gasteiger partial charge in [-0.3, -0.25) is 4.79 Å². The maximum absolute atomic E-state index is 12.1. The van der Waals surface area contributed by atoms with E-state index in [1.807, 2.05) is 27.0 Å². The van der Waals surface area contributed by atoms with E-state index in [1.165, 1.54) is 0 Å². The van der Waals surface area contributed by atoms with Crippen LogP contribution in [0.3, 0.4) is 0 Å². The van der Waals surface area contributed by atoms with Crippen molar-refractivity contribution >= 4 is 11.6 Å². The third kappa shape index (κ3) is 3.44. The highest BCUT2D eigenvalue weighted by atomic mass is 16.2. The number of amides is 1. The average Bonchev–Trinajstić information content (AvgIpc) is 2.37. The van der Waals surface area contributed by atoms with Crippen LogP contribution < -0.4 is 5.32 Å². The quantitative estimate of drug-likeness (QED) is 0.852. The van der Waals surface area contributed by atoms with Crippen molar-refractivity contribution in [3.8, 4) is 0 Å². The Bertz CT molecular complexity index is 361. The highest BCUT2D eigenvalue weighted by Crippen LogP contribution is 2.10. The molecule has 0 fully saturated rings. The second-order valence-corrected chi connectivity index (χ2v) is 4.14. The number of hydrogen-bond acceptors (Lipinski definition) is 3. The molecule has 0 aromatic carbocycles. The highest BCUT2D eigenvalue weighted by molar-refractivity contribution is 5.92. The molecule has 17 heavy (non-hydrogen) atoms. The fourth-order valence-electron chi connectivity index (χ4n) is 1.48. The Morgan fingerprint density at radius 2 is 2.18 bits per heavy atom. The van der Waals surface area contributed by atoms with Gasteiger partial charge in [-0.2, -0.15) is 0 Å². The Hall–Kier alpha value is -1.58. The van der Waals surface area contributed by atoms with Gasteiger partial charge in [-0.05, 0) is 32.4 Å². The largest absolute Gasteiger partial charge is 0.384 e. The minimum atomic E-state index is -0.0256. The maximum atomic E-state index is 12.1. The van der Waals surface area contributed by atoms with Gasteiger partial charge >= 0.3 is 0 Å². The summed E-state index contributed by atoms with van der Waals surface area (Å²) in [5.41, 5.74) is 1.43. The normalized spacial score (nSPS) is 12.0. The summed E-state index contributed by atoms with van der Waals surface area (Å²) in [6, 6.07) is 3.88. The first-order chi connectivity index (χ1) is 8.10. The Kier molecular flexibility index (Phi) is 4.94. The molecule has 1 rings (SSSR count). The van der Waals surface area contributed by atoms with Crippen LogP contribution in [0.5, 0.6) is 0 Å². The number of nitrogens with zero attached hydrogens (tertiary/aromatic N) is 2. The Morgan fingerprint density at radius 1 is 1.47 bits per heavy atom. The van der Waals surface area contributed by atoms with E-state index in [1.54, 1.807) is 17.2 Å². The standard InChI is InChI=1S/C13H21N3O/c1-5-10(3)16(4)13(17)12-8-7-11(9-15-12)14-6-2/h7-10,14H,5-6H2,1-4H3. The molecule has 0 aliphatic heterocycles.